The Morgan fingerprint density at radius 2 is 1.63 bits per heavy atom. The lowest BCUT2D eigenvalue weighted by molar-refractivity contribution is 0.287. The Bertz CT molecular complexity index is 442. The molecule has 1 heterocycles. The van der Waals surface area contributed by atoms with E-state index in [2.05, 4.69) is 60.9 Å². The second-order valence-electron chi connectivity index (χ2n) is 6.22. The maximum Gasteiger partial charge on any atom is 0.0867 e. The lowest BCUT2D eigenvalue weighted by Crippen LogP contribution is -2.46. The molecular weight excluding hydrogens is 234 g/mol. The second-order valence-corrected chi connectivity index (χ2v) is 6.22. The molecule has 1 fully saturated rings. The third kappa shape index (κ3) is 3.48. The summed E-state index contributed by atoms with van der Waals surface area (Å²) in [4.78, 5) is 4.61. The Hall–Kier alpha value is -1.53. The first-order valence-corrected chi connectivity index (χ1v) is 6.95. The topological polar surface area (TPSA) is 30.3 Å². The average Bonchev–Trinajstić information content (AvgIpc) is 2.39. The monoisotopic (exact) mass is 257 g/mol. The van der Waals surface area contributed by atoms with E-state index in [-0.39, 0.29) is 5.41 Å². The van der Waals surface area contributed by atoms with Crippen molar-refractivity contribution >= 4 is 5.69 Å². The van der Waals surface area contributed by atoms with Crippen molar-refractivity contribution in [2.45, 2.75) is 26.2 Å². The van der Waals surface area contributed by atoms with Crippen LogP contribution in [0.3, 0.4) is 0 Å². The summed E-state index contributed by atoms with van der Waals surface area (Å²) in [6, 6.07) is 11.1. The Morgan fingerprint density at radius 1 is 1.05 bits per heavy atom. The van der Waals surface area contributed by atoms with Gasteiger partial charge in [-0.3, -0.25) is 4.90 Å². The highest BCUT2D eigenvalue weighted by atomic mass is 15.3. The van der Waals surface area contributed by atoms with Crippen molar-refractivity contribution in [2.24, 2.45) is 0 Å². The molecule has 2 rings (SSSR count). The van der Waals surface area contributed by atoms with Crippen molar-refractivity contribution in [3.8, 4) is 6.07 Å². The van der Waals surface area contributed by atoms with Crippen LogP contribution in [0.5, 0.6) is 0 Å². The highest BCUT2D eigenvalue weighted by Gasteiger charge is 2.18. The van der Waals surface area contributed by atoms with Gasteiger partial charge in [0, 0.05) is 31.9 Å². The van der Waals surface area contributed by atoms with Crippen molar-refractivity contribution in [1.82, 2.24) is 4.90 Å². The van der Waals surface area contributed by atoms with Gasteiger partial charge in [0.2, 0.25) is 0 Å². The molecule has 0 aliphatic carbocycles. The molecule has 0 aromatic heterocycles. The quantitative estimate of drug-likeness (QED) is 0.763. The molecule has 0 atom stereocenters. The van der Waals surface area contributed by atoms with Gasteiger partial charge in [0.05, 0.1) is 12.6 Å². The molecule has 1 aliphatic heterocycles. The Kier molecular flexibility index (Phi) is 4.11. The summed E-state index contributed by atoms with van der Waals surface area (Å²) in [5.41, 5.74) is 2.88. The van der Waals surface area contributed by atoms with Crippen LogP contribution < -0.4 is 4.90 Å². The second kappa shape index (κ2) is 5.63. The van der Waals surface area contributed by atoms with Gasteiger partial charge < -0.3 is 4.90 Å². The van der Waals surface area contributed by atoms with Gasteiger partial charge in [-0.25, -0.2) is 0 Å². The summed E-state index contributed by atoms with van der Waals surface area (Å²) < 4.78 is 0. The van der Waals surface area contributed by atoms with E-state index in [1.165, 1.54) is 11.3 Å². The van der Waals surface area contributed by atoms with Crippen LogP contribution in [-0.2, 0) is 5.41 Å². The fourth-order valence-corrected chi connectivity index (χ4v) is 2.44. The van der Waals surface area contributed by atoms with Gasteiger partial charge in [-0.1, -0.05) is 32.9 Å². The van der Waals surface area contributed by atoms with Gasteiger partial charge >= 0.3 is 0 Å². The van der Waals surface area contributed by atoms with Crippen LogP contribution >= 0.6 is 0 Å². The first kappa shape index (κ1) is 13.9. The maximum absolute atomic E-state index is 8.70. The molecule has 0 amide bonds. The van der Waals surface area contributed by atoms with Crippen molar-refractivity contribution in [3.63, 3.8) is 0 Å². The molecule has 0 unspecified atom stereocenters. The minimum atomic E-state index is 0.212. The molecule has 0 bridgehead atoms. The highest BCUT2D eigenvalue weighted by molar-refractivity contribution is 5.49. The number of anilines is 1. The first-order chi connectivity index (χ1) is 9.00. The molecule has 0 radical (unpaired) electrons. The number of rotatable bonds is 2. The molecule has 1 saturated heterocycles. The lowest BCUT2D eigenvalue weighted by atomic mass is 9.87. The number of hydrogen-bond acceptors (Lipinski definition) is 3. The van der Waals surface area contributed by atoms with E-state index in [0.717, 1.165) is 26.2 Å². The van der Waals surface area contributed by atoms with E-state index in [9.17, 15) is 0 Å². The first-order valence-electron chi connectivity index (χ1n) is 6.95. The molecule has 0 N–H and O–H groups in total. The minimum Gasteiger partial charge on any atom is -0.369 e. The zero-order valence-corrected chi connectivity index (χ0v) is 12.2. The van der Waals surface area contributed by atoms with Gasteiger partial charge in [-0.15, -0.1) is 0 Å². The van der Waals surface area contributed by atoms with Crippen LogP contribution in [0.1, 0.15) is 26.3 Å². The van der Waals surface area contributed by atoms with E-state index in [1.54, 1.807) is 0 Å². The zero-order chi connectivity index (χ0) is 13.9. The van der Waals surface area contributed by atoms with Crippen LogP contribution in [0, 0.1) is 11.3 Å². The maximum atomic E-state index is 8.70. The Morgan fingerprint density at radius 3 is 2.11 bits per heavy atom. The number of hydrogen-bond donors (Lipinski definition) is 0. The van der Waals surface area contributed by atoms with E-state index in [1.807, 2.05) is 0 Å². The van der Waals surface area contributed by atoms with Crippen LogP contribution in [0.2, 0.25) is 0 Å². The Labute approximate surface area is 116 Å². The van der Waals surface area contributed by atoms with E-state index in [0.29, 0.717) is 6.54 Å². The Balaban J connectivity index is 1.99. The van der Waals surface area contributed by atoms with E-state index < -0.39 is 0 Å². The summed E-state index contributed by atoms with van der Waals surface area (Å²) in [7, 11) is 0. The third-order valence-electron chi connectivity index (χ3n) is 3.77. The zero-order valence-electron chi connectivity index (χ0n) is 12.2. The molecule has 3 nitrogen and oxygen atoms in total. The van der Waals surface area contributed by atoms with Gasteiger partial charge in [0.15, 0.2) is 0 Å². The van der Waals surface area contributed by atoms with E-state index >= 15 is 0 Å². The number of nitriles is 1. The molecular formula is C16H23N3. The van der Waals surface area contributed by atoms with Crippen LogP contribution in [0.25, 0.3) is 0 Å². The van der Waals surface area contributed by atoms with Crippen LogP contribution in [-0.4, -0.2) is 37.6 Å². The fraction of sp³-hybridized carbons (Fsp3) is 0.562. The van der Waals surface area contributed by atoms with Crippen molar-refractivity contribution < 1.29 is 0 Å². The van der Waals surface area contributed by atoms with Crippen molar-refractivity contribution in [2.75, 3.05) is 37.6 Å². The normalized spacial score (nSPS) is 17.3. The predicted octanol–water partition coefficient (Wildman–Crippen LogP) is 2.63. The highest BCUT2D eigenvalue weighted by Crippen LogP contribution is 2.25. The summed E-state index contributed by atoms with van der Waals surface area (Å²) in [6.45, 7) is 11.3. The predicted molar refractivity (Wildman–Crippen MR) is 79.4 cm³/mol. The smallest absolute Gasteiger partial charge is 0.0867 e. The van der Waals surface area contributed by atoms with Crippen LogP contribution in [0.15, 0.2) is 24.3 Å². The number of benzene rings is 1. The van der Waals surface area contributed by atoms with Gasteiger partial charge in [-0.05, 0) is 23.1 Å². The summed E-state index contributed by atoms with van der Waals surface area (Å²) in [5.74, 6) is 0. The molecule has 102 valence electrons. The molecule has 3 heteroatoms. The minimum absolute atomic E-state index is 0.212. The van der Waals surface area contributed by atoms with E-state index in [4.69, 9.17) is 5.26 Å². The van der Waals surface area contributed by atoms with Gasteiger partial charge in [0.25, 0.3) is 0 Å². The van der Waals surface area contributed by atoms with Gasteiger partial charge in [-0.2, -0.15) is 5.26 Å². The lowest BCUT2D eigenvalue weighted by Gasteiger charge is -2.35. The average molecular weight is 257 g/mol. The molecule has 0 spiro atoms. The molecule has 1 aromatic carbocycles. The van der Waals surface area contributed by atoms with Crippen LogP contribution in [0.4, 0.5) is 5.69 Å². The molecule has 0 saturated carbocycles. The molecule has 19 heavy (non-hydrogen) atoms. The summed E-state index contributed by atoms with van der Waals surface area (Å²) >= 11 is 0. The largest absolute Gasteiger partial charge is 0.369 e. The van der Waals surface area contributed by atoms with Gasteiger partial charge in [0.1, 0.15) is 0 Å². The molecule has 1 aromatic rings. The molecule has 1 aliphatic rings. The summed E-state index contributed by atoms with van der Waals surface area (Å²) in [6.07, 6.45) is 0. The SMILES string of the molecule is CC(C)(C)c1ccc(N2CCN(CC#N)CC2)cc1. The van der Waals surface area contributed by atoms with Crippen molar-refractivity contribution in [1.29, 1.82) is 5.26 Å². The summed E-state index contributed by atoms with van der Waals surface area (Å²) in [5, 5.41) is 8.70. The number of nitrogens with zero attached hydrogens (tertiary/aromatic N) is 3. The fourth-order valence-electron chi connectivity index (χ4n) is 2.44. The number of piperazine rings is 1. The van der Waals surface area contributed by atoms with Crippen molar-refractivity contribution in [3.05, 3.63) is 29.8 Å². The standard InChI is InChI=1S/C16H23N3/c1-16(2,3)14-4-6-15(7-5-14)19-12-10-18(9-8-17)11-13-19/h4-7H,9-13H2,1-3H3. The third-order valence-corrected chi connectivity index (χ3v) is 3.77.